The SMILES string of the molecule is CC.COc1cccc(C2(Nc3ncc(-c4nnc(C(F)F)o4)cn3)CC2)c1. The Morgan fingerprint density at radius 2 is 1.86 bits per heavy atom. The van der Waals surface area contributed by atoms with E-state index >= 15 is 0 Å². The zero-order valence-electron chi connectivity index (χ0n) is 15.8. The molecule has 0 amide bonds. The van der Waals surface area contributed by atoms with Gasteiger partial charge in [-0.25, -0.2) is 9.97 Å². The fraction of sp³-hybridized carbons (Fsp3) is 0.368. The maximum Gasteiger partial charge on any atom is 0.314 e. The van der Waals surface area contributed by atoms with E-state index in [0.717, 1.165) is 24.2 Å². The number of benzene rings is 1. The Kier molecular flexibility index (Phi) is 5.81. The molecular weight excluding hydrogens is 368 g/mol. The highest BCUT2D eigenvalue weighted by Gasteiger charge is 2.45. The van der Waals surface area contributed by atoms with Crippen molar-refractivity contribution in [3.8, 4) is 17.2 Å². The summed E-state index contributed by atoms with van der Waals surface area (Å²) in [4.78, 5) is 8.47. The van der Waals surface area contributed by atoms with Crippen molar-refractivity contribution in [1.29, 1.82) is 0 Å². The average Bonchev–Trinajstić information content (AvgIpc) is 3.34. The van der Waals surface area contributed by atoms with Crippen molar-refractivity contribution in [3.05, 3.63) is 48.1 Å². The summed E-state index contributed by atoms with van der Waals surface area (Å²) in [5, 5.41) is 10.2. The van der Waals surface area contributed by atoms with Gasteiger partial charge >= 0.3 is 6.43 Å². The van der Waals surface area contributed by atoms with Gasteiger partial charge in [0.1, 0.15) is 5.75 Å². The number of rotatable bonds is 6. The van der Waals surface area contributed by atoms with Crippen LogP contribution < -0.4 is 10.1 Å². The molecule has 1 fully saturated rings. The summed E-state index contributed by atoms with van der Waals surface area (Å²) in [5.74, 6) is 0.457. The van der Waals surface area contributed by atoms with E-state index in [1.54, 1.807) is 7.11 Å². The summed E-state index contributed by atoms with van der Waals surface area (Å²) in [6.07, 6.45) is 2.01. The molecule has 9 heteroatoms. The average molecular weight is 389 g/mol. The van der Waals surface area contributed by atoms with Crippen LogP contribution in [0.25, 0.3) is 11.5 Å². The highest BCUT2D eigenvalue weighted by molar-refractivity contribution is 5.51. The molecule has 0 atom stereocenters. The van der Waals surface area contributed by atoms with Crippen LogP contribution in [0.1, 0.15) is 44.6 Å². The molecule has 0 bridgehead atoms. The van der Waals surface area contributed by atoms with E-state index in [-0.39, 0.29) is 11.4 Å². The predicted octanol–water partition coefficient (Wildman–Crippen LogP) is 4.60. The van der Waals surface area contributed by atoms with Crippen LogP contribution in [0.5, 0.6) is 5.75 Å². The molecule has 1 aliphatic carbocycles. The van der Waals surface area contributed by atoms with E-state index in [1.807, 2.05) is 38.1 Å². The van der Waals surface area contributed by atoms with Crippen molar-refractivity contribution in [1.82, 2.24) is 20.2 Å². The number of ether oxygens (including phenoxy) is 1. The van der Waals surface area contributed by atoms with Crippen LogP contribution in [0.4, 0.5) is 14.7 Å². The number of nitrogens with one attached hydrogen (secondary N) is 1. The molecule has 1 N–H and O–H groups in total. The summed E-state index contributed by atoms with van der Waals surface area (Å²) in [7, 11) is 1.63. The number of anilines is 1. The van der Waals surface area contributed by atoms with Crippen LogP contribution in [-0.4, -0.2) is 27.3 Å². The molecule has 2 heterocycles. The molecule has 28 heavy (non-hydrogen) atoms. The lowest BCUT2D eigenvalue weighted by Crippen LogP contribution is -2.20. The van der Waals surface area contributed by atoms with Gasteiger partial charge in [-0.1, -0.05) is 26.0 Å². The molecule has 1 aliphatic rings. The molecule has 2 aromatic heterocycles. The van der Waals surface area contributed by atoms with E-state index in [2.05, 4.69) is 25.5 Å². The van der Waals surface area contributed by atoms with Gasteiger partial charge in [0.05, 0.1) is 18.2 Å². The van der Waals surface area contributed by atoms with Crippen molar-refractivity contribution in [3.63, 3.8) is 0 Å². The van der Waals surface area contributed by atoms with E-state index in [0.29, 0.717) is 11.5 Å². The number of alkyl halides is 2. The first-order valence-corrected chi connectivity index (χ1v) is 8.96. The first-order chi connectivity index (χ1) is 13.6. The van der Waals surface area contributed by atoms with Gasteiger partial charge in [-0.05, 0) is 30.5 Å². The Labute approximate surface area is 161 Å². The van der Waals surface area contributed by atoms with Gasteiger partial charge in [0.25, 0.3) is 11.8 Å². The molecule has 0 radical (unpaired) electrons. The number of nitrogens with zero attached hydrogens (tertiary/aromatic N) is 4. The Bertz CT molecular complexity index is 911. The molecule has 1 aromatic carbocycles. The van der Waals surface area contributed by atoms with Gasteiger partial charge in [0, 0.05) is 12.4 Å². The highest BCUT2D eigenvalue weighted by Crippen LogP contribution is 2.48. The summed E-state index contributed by atoms with van der Waals surface area (Å²) >= 11 is 0. The molecule has 3 aromatic rings. The second-order valence-corrected chi connectivity index (χ2v) is 5.98. The third-order valence-corrected chi connectivity index (χ3v) is 4.25. The lowest BCUT2D eigenvalue weighted by atomic mass is 10.0. The molecule has 7 nitrogen and oxygen atoms in total. The number of methoxy groups -OCH3 is 1. The van der Waals surface area contributed by atoms with Crippen LogP contribution in [0.2, 0.25) is 0 Å². The zero-order valence-corrected chi connectivity index (χ0v) is 15.8. The van der Waals surface area contributed by atoms with E-state index in [9.17, 15) is 8.78 Å². The maximum atomic E-state index is 12.5. The van der Waals surface area contributed by atoms with Crippen molar-refractivity contribution >= 4 is 5.95 Å². The van der Waals surface area contributed by atoms with E-state index in [1.165, 1.54) is 12.4 Å². The molecule has 0 saturated heterocycles. The van der Waals surface area contributed by atoms with Gasteiger partial charge in [0.15, 0.2) is 0 Å². The van der Waals surface area contributed by atoms with Crippen LogP contribution in [-0.2, 0) is 5.54 Å². The lowest BCUT2D eigenvalue weighted by molar-refractivity contribution is 0.116. The molecular formula is C19H21F2N5O2. The number of hydrogen-bond acceptors (Lipinski definition) is 7. The van der Waals surface area contributed by atoms with Gasteiger partial charge in [0.2, 0.25) is 5.95 Å². The molecule has 4 rings (SSSR count). The molecule has 0 unspecified atom stereocenters. The summed E-state index contributed by atoms with van der Waals surface area (Å²) in [6, 6.07) is 7.85. The minimum atomic E-state index is -2.81. The van der Waals surface area contributed by atoms with Gasteiger partial charge in [-0.2, -0.15) is 8.78 Å². The summed E-state index contributed by atoms with van der Waals surface area (Å²) in [5.41, 5.74) is 1.26. The quantitative estimate of drug-likeness (QED) is 0.659. The Hall–Kier alpha value is -3.10. The largest absolute Gasteiger partial charge is 0.497 e. The van der Waals surface area contributed by atoms with Crippen LogP contribution in [0.3, 0.4) is 0 Å². The minimum Gasteiger partial charge on any atom is -0.497 e. The number of halogens is 2. The van der Waals surface area contributed by atoms with Gasteiger partial charge in [-0.15, -0.1) is 10.2 Å². The molecule has 0 spiro atoms. The smallest absolute Gasteiger partial charge is 0.314 e. The predicted molar refractivity (Wildman–Crippen MR) is 99.2 cm³/mol. The third kappa shape index (κ3) is 4.08. The van der Waals surface area contributed by atoms with Crippen molar-refractivity contribution in [2.45, 2.75) is 38.7 Å². The first kappa shape index (κ1) is 19.7. The van der Waals surface area contributed by atoms with E-state index < -0.39 is 12.3 Å². The van der Waals surface area contributed by atoms with Crippen molar-refractivity contribution < 1.29 is 17.9 Å². The van der Waals surface area contributed by atoms with Crippen LogP contribution in [0, 0.1) is 0 Å². The van der Waals surface area contributed by atoms with Gasteiger partial charge < -0.3 is 14.5 Å². The first-order valence-electron chi connectivity index (χ1n) is 8.96. The topological polar surface area (TPSA) is 86.0 Å². The van der Waals surface area contributed by atoms with Gasteiger partial charge in [-0.3, -0.25) is 0 Å². The van der Waals surface area contributed by atoms with Crippen molar-refractivity contribution in [2.24, 2.45) is 0 Å². The Morgan fingerprint density at radius 3 is 2.43 bits per heavy atom. The summed E-state index contributed by atoms with van der Waals surface area (Å²) < 4.78 is 35.2. The zero-order chi connectivity index (χ0) is 20.1. The van der Waals surface area contributed by atoms with Crippen molar-refractivity contribution in [2.75, 3.05) is 12.4 Å². The Balaban J connectivity index is 0.00000109. The lowest BCUT2D eigenvalue weighted by Gasteiger charge is -2.18. The number of hydrogen-bond donors (Lipinski definition) is 1. The molecule has 0 aliphatic heterocycles. The molecule has 148 valence electrons. The second-order valence-electron chi connectivity index (χ2n) is 5.98. The second kappa shape index (κ2) is 8.28. The highest BCUT2D eigenvalue weighted by atomic mass is 19.3. The van der Waals surface area contributed by atoms with Crippen LogP contribution >= 0.6 is 0 Å². The van der Waals surface area contributed by atoms with E-state index in [4.69, 9.17) is 9.15 Å². The fourth-order valence-electron chi connectivity index (χ4n) is 2.69. The number of aromatic nitrogens is 4. The Morgan fingerprint density at radius 1 is 1.14 bits per heavy atom. The molecule has 1 saturated carbocycles. The minimum absolute atomic E-state index is 0.0409. The monoisotopic (exact) mass is 389 g/mol. The third-order valence-electron chi connectivity index (χ3n) is 4.25. The normalized spacial score (nSPS) is 14.2. The van der Waals surface area contributed by atoms with Crippen LogP contribution in [0.15, 0.2) is 41.1 Å². The maximum absolute atomic E-state index is 12.5. The fourth-order valence-corrected chi connectivity index (χ4v) is 2.69. The summed E-state index contributed by atoms with van der Waals surface area (Å²) in [6.45, 7) is 4.00. The standard InChI is InChI=1S/C17H15F2N5O2.C2H6/c1-25-12-4-2-3-11(7-12)17(5-6-17)22-16-20-8-10(9-21-16)14-23-24-15(26-14)13(18)19;1-2/h2-4,7-9,13H,5-6H2,1H3,(H,20,21,22);1-2H3.